The molecular weight excluding hydrogens is 192 g/mol. The average molecular weight is 210 g/mol. The van der Waals surface area contributed by atoms with Gasteiger partial charge in [0.1, 0.15) is 0 Å². The number of fused-ring (bicyclic) bond motifs is 2. The van der Waals surface area contributed by atoms with Gasteiger partial charge in [-0.3, -0.25) is 4.79 Å². The number of carbonyl (C=O) groups excluding carboxylic acids is 1. The van der Waals surface area contributed by atoms with Crippen LogP contribution >= 0.6 is 0 Å². The van der Waals surface area contributed by atoms with E-state index in [-0.39, 0.29) is 18.0 Å². The van der Waals surface area contributed by atoms with E-state index in [4.69, 9.17) is 4.74 Å². The van der Waals surface area contributed by atoms with E-state index in [1.54, 1.807) is 0 Å². The van der Waals surface area contributed by atoms with Crippen molar-refractivity contribution < 1.29 is 9.53 Å². The van der Waals surface area contributed by atoms with Gasteiger partial charge in [-0.2, -0.15) is 0 Å². The number of amides is 1. The van der Waals surface area contributed by atoms with Crippen LogP contribution in [0.1, 0.15) is 32.1 Å². The lowest BCUT2D eigenvalue weighted by Crippen LogP contribution is -2.48. The van der Waals surface area contributed by atoms with Crippen molar-refractivity contribution in [1.82, 2.24) is 10.6 Å². The quantitative estimate of drug-likeness (QED) is 0.683. The highest BCUT2D eigenvalue weighted by Gasteiger charge is 2.42. The summed E-state index contributed by atoms with van der Waals surface area (Å²) in [5.74, 6) is 0.175. The molecule has 3 fully saturated rings. The maximum absolute atomic E-state index is 11.8. The summed E-state index contributed by atoms with van der Waals surface area (Å²) < 4.78 is 5.71. The van der Waals surface area contributed by atoms with Gasteiger partial charge in [0.15, 0.2) is 0 Å². The largest absolute Gasteiger partial charge is 0.373 e. The Morgan fingerprint density at radius 2 is 2.27 bits per heavy atom. The first-order chi connectivity index (χ1) is 7.33. The van der Waals surface area contributed by atoms with Gasteiger partial charge >= 0.3 is 0 Å². The Kier molecular flexibility index (Phi) is 2.41. The minimum Gasteiger partial charge on any atom is -0.373 e. The van der Waals surface area contributed by atoms with E-state index in [0.29, 0.717) is 12.2 Å². The van der Waals surface area contributed by atoms with Crippen LogP contribution in [0.3, 0.4) is 0 Å². The van der Waals surface area contributed by atoms with Crippen molar-refractivity contribution in [2.75, 3.05) is 6.54 Å². The third-order valence-electron chi connectivity index (χ3n) is 3.81. The minimum absolute atomic E-state index is 0.0455. The topological polar surface area (TPSA) is 50.4 Å². The minimum atomic E-state index is 0.0455. The van der Waals surface area contributed by atoms with Gasteiger partial charge in [-0.05, 0) is 38.6 Å². The van der Waals surface area contributed by atoms with Crippen LogP contribution in [-0.4, -0.2) is 36.7 Å². The summed E-state index contributed by atoms with van der Waals surface area (Å²) in [7, 11) is 0. The van der Waals surface area contributed by atoms with Gasteiger partial charge < -0.3 is 15.4 Å². The molecule has 2 bridgehead atoms. The molecule has 0 unspecified atom stereocenters. The summed E-state index contributed by atoms with van der Waals surface area (Å²) in [5.41, 5.74) is 0. The summed E-state index contributed by atoms with van der Waals surface area (Å²) in [4.78, 5) is 11.8. The van der Waals surface area contributed by atoms with E-state index in [9.17, 15) is 4.79 Å². The third kappa shape index (κ3) is 1.76. The molecule has 0 saturated carbocycles. The molecule has 0 aromatic heterocycles. The smallest absolute Gasteiger partial charge is 0.237 e. The number of rotatable bonds is 2. The Labute approximate surface area is 89.7 Å². The monoisotopic (exact) mass is 210 g/mol. The Bertz CT molecular complexity index is 263. The fourth-order valence-corrected chi connectivity index (χ4v) is 2.98. The standard InChI is InChI=1S/C11H18N2O2/c14-11(8-2-1-5-12-8)13-9-6-7-3-4-10(9)15-7/h7-10,12H,1-6H2,(H,13,14)/t7-,8+,9-,10+/m1/s1. The van der Waals surface area contributed by atoms with E-state index in [1.807, 2.05) is 0 Å². The van der Waals surface area contributed by atoms with Crippen molar-refractivity contribution in [3.63, 3.8) is 0 Å². The van der Waals surface area contributed by atoms with Crippen LogP contribution in [0.4, 0.5) is 0 Å². The maximum Gasteiger partial charge on any atom is 0.237 e. The fourth-order valence-electron chi connectivity index (χ4n) is 2.98. The normalized spacial score (nSPS) is 43.5. The second kappa shape index (κ2) is 3.76. The first kappa shape index (κ1) is 9.60. The van der Waals surface area contributed by atoms with E-state index < -0.39 is 0 Å². The first-order valence-electron chi connectivity index (χ1n) is 6.02. The molecule has 3 rings (SSSR count). The number of hydrogen-bond donors (Lipinski definition) is 2. The molecule has 2 N–H and O–H groups in total. The summed E-state index contributed by atoms with van der Waals surface area (Å²) in [6, 6.07) is 0.322. The second-order valence-corrected chi connectivity index (χ2v) is 4.87. The van der Waals surface area contributed by atoms with Crippen LogP contribution < -0.4 is 10.6 Å². The molecular formula is C11H18N2O2. The molecule has 0 aliphatic carbocycles. The van der Waals surface area contributed by atoms with Gasteiger partial charge in [0.05, 0.1) is 24.3 Å². The number of nitrogens with one attached hydrogen (secondary N) is 2. The van der Waals surface area contributed by atoms with Crippen LogP contribution in [0.2, 0.25) is 0 Å². The lowest BCUT2D eigenvalue weighted by atomic mass is 9.95. The molecule has 1 amide bonds. The lowest BCUT2D eigenvalue weighted by molar-refractivity contribution is -0.123. The molecule has 0 spiro atoms. The molecule has 4 atom stereocenters. The molecule has 3 heterocycles. The molecule has 3 aliphatic heterocycles. The van der Waals surface area contributed by atoms with Crippen molar-refractivity contribution in [3.8, 4) is 0 Å². The fraction of sp³-hybridized carbons (Fsp3) is 0.909. The van der Waals surface area contributed by atoms with Crippen LogP contribution in [0.15, 0.2) is 0 Å². The molecule has 84 valence electrons. The SMILES string of the molecule is O=C(N[C@@H]1C[C@H]2CC[C@@H]1O2)[C@@H]1CCCN1. The van der Waals surface area contributed by atoms with Gasteiger partial charge in [-0.15, -0.1) is 0 Å². The van der Waals surface area contributed by atoms with E-state index >= 15 is 0 Å². The van der Waals surface area contributed by atoms with Crippen molar-refractivity contribution in [2.24, 2.45) is 0 Å². The molecule has 4 heteroatoms. The highest BCUT2D eigenvalue weighted by molar-refractivity contribution is 5.82. The van der Waals surface area contributed by atoms with E-state index in [0.717, 1.165) is 32.2 Å². The van der Waals surface area contributed by atoms with Crippen molar-refractivity contribution in [1.29, 1.82) is 0 Å². The van der Waals surface area contributed by atoms with Gasteiger partial charge in [0.2, 0.25) is 5.91 Å². The average Bonchev–Trinajstić information content (AvgIpc) is 2.95. The predicted molar refractivity (Wildman–Crippen MR) is 55.5 cm³/mol. The molecule has 0 aromatic carbocycles. The Hall–Kier alpha value is -0.610. The zero-order valence-corrected chi connectivity index (χ0v) is 8.87. The van der Waals surface area contributed by atoms with Crippen LogP contribution in [-0.2, 0) is 9.53 Å². The zero-order valence-electron chi connectivity index (χ0n) is 8.87. The summed E-state index contributed by atoms with van der Waals surface area (Å²) in [6.45, 7) is 0.977. The number of hydrogen-bond acceptors (Lipinski definition) is 3. The second-order valence-electron chi connectivity index (χ2n) is 4.87. The maximum atomic E-state index is 11.8. The van der Waals surface area contributed by atoms with Crippen molar-refractivity contribution in [3.05, 3.63) is 0 Å². The number of ether oxygens (including phenoxy) is 1. The summed E-state index contributed by atoms with van der Waals surface area (Å²) in [6.07, 6.45) is 6.12. The molecule has 3 aliphatic rings. The van der Waals surface area contributed by atoms with Crippen molar-refractivity contribution in [2.45, 2.75) is 56.4 Å². The van der Waals surface area contributed by atoms with Crippen LogP contribution in [0.5, 0.6) is 0 Å². The Morgan fingerprint density at radius 1 is 1.33 bits per heavy atom. The van der Waals surface area contributed by atoms with E-state index in [2.05, 4.69) is 10.6 Å². The van der Waals surface area contributed by atoms with Gasteiger partial charge in [0, 0.05) is 0 Å². The molecule has 0 radical (unpaired) electrons. The first-order valence-corrected chi connectivity index (χ1v) is 6.02. The van der Waals surface area contributed by atoms with Gasteiger partial charge in [-0.1, -0.05) is 0 Å². The predicted octanol–water partition coefficient (Wildman–Crippen LogP) is 0.174. The third-order valence-corrected chi connectivity index (χ3v) is 3.81. The summed E-state index contributed by atoms with van der Waals surface area (Å²) >= 11 is 0. The molecule has 3 saturated heterocycles. The van der Waals surface area contributed by atoms with E-state index in [1.165, 1.54) is 6.42 Å². The Morgan fingerprint density at radius 3 is 2.87 bits per heavy atom. The van der Waals surface area contributed by atoms with Crippen molar-refractivity contribution >= 4 is 5.91 Å². The van der Waals surface area contributed by atoms with Gasteiger partial charge in [-0.25, -0.2) is 0 Å². The van der Waals surface area contributed by atoms with Crippen LogP contribution in [0.25, 0.3) is 0 Å². The number of carbonyl (C=O) groups is 1. The highest BCUT2D eigenvalue weighted by Crippen LogP contribution is 2.34. The molecule has 0 aromatic rings. The highest BCUT2D eigenvalue weighted by atomic mass is 16.5. The van der Waals surface area contributed by atoms with Crippen LogP contribution in [0, 0.1) is 0 Å². The molecule has 4 nitrogen and oxygen atoms in total. The summed E-state index contributed by atoms with van der Waals surface area (Å²) in [5, 5.41) is 6.35. The lowest BCUT2D eigenvalue weighted by Gasteiger charge is -2.22. The zero-order chi connectivity index (χ0) is 10.3. The Balaban J connectivity index is 1.54. The van der Waals surface area contributed by atoms with Gasteiger partial charge in [0.25, 0.3) is 0 Å². The molecule has 15 heavy (non-hydrogen) atoms.